The van der Waals surface area contributed by atoms with E-state index in [-0.39, 0.29) is 5.91 Å². The zero-order valence-corrected chi connectivity index (χ0v) is 15.5. The Balaban J connectivity index is 1.51. The number of rotatable bonds is 4. The molecule has 138 valence electrons. The molecule has 2 atom stereocenters. The molecule has 1 fully saturated rings. The Bertz CT molecular complexity index is 917. The van der Waals surface area contributed by atoms with Crippen molar-refractivity contribution in [3.05, 3.63) is 83.7 Å². The Kier molecular flexibility index (Phi) is 4.77. The molecular weight excluding hydrogens is 336 g/mol. The van der Waals surface area contributed by atoms with E-state index in [4.69, 9.17) is 5.73 Å². The lowest BCUT2D eigenvalue weighted by Gasteiger charge is -2.17. The summed E-state index contributed by atoms with van der Waals surface area (Å²) in [5, 5.41) is 4.31. The van der Waals surface area contributed by atoms with Gasteiger partial charge >= 0.3 is 0 Å². The lowest BCUT2D eigenvalue weighted by atomic mass is 9.89. The number of nitrogens with zero attached hydrogens (tertiary/aromatic N) is 3. The summed E-state index contributed by atoms with van der Waals surface area (Å²) in [4.78, 5) is 14.9. The zero-order chi connectivity index (χ0) is 18.8. The number of benzene rings is 2. The normalized spacial score (nSPS) is 19.4. The van der Waals surface area contributed by atoms with Crippen LogP contribution in [0.1, 0.15) is 27.4 Å². The van der Waals surface area contributed by atoms with Crippen molar-refractivity contribution in [3.63, 3.8) is 0 Å². The van der Waals surface area contributed by atoms with Gasteiger partial charge in [-0.3, -0.25) is 4.79 Å². The number of carbonyl (C=O) groups is 1. The van der Waals surface area contributed by atoms with Crippen molar-refractivity contribution in [3.8, 4) is 5.69 Å². The Morgan fingerprint density at radius 1 is 1.11 bits per heavy atom. The predicted octanol–water partition coefficient (Wildman–Crippen LogP) is 3.00. The quantitative estimate of drug-likeness (QED) is 0.778. The van der Waals surface area contributed by atoms with Gasteiger partial charge in [0, 0.05) is 30.8 Å². The van der Waals surface area contributed by atoms with E-state index in [1.54, 1.807) is 0 Å². The van der Waals surface area contributed by atoms with Crippen LogP contribution < -0.4 is 5.73 Å². The third-order valence-corrected chi connectivity index (χ3v) is 5.35. The Morgan fingerprint density at radius 2 is 1.85 bits per heavy atom. The molecule has 1 aromatic heterocycles. The Labute approximate surface area is 159 Å². The minimum Gasteiger partial charge on any atom is -0.338 e. The van der Waals surface area contributed by atoms with Crippen molar-refractivity contribution < 1.29 is 4.79 Å². The Morgan fingerprint density at radius 3 is 2.48 bits per heavy atom. The molecule has 2 aromatic carbocycles. The first-order valence-electron chi connectivity index (χ1n) is 9.31. The molecule has 0 aliphatic carbocycles. The molecule has 0 spiro atoms. The predicted molar refractivity (Wildman–Crippen MR) is 106 cm³/mol. The fraction of sp³-hybridized carbons (Fsp3) is 0.273. The van der Waals surface area contributed by atoms with Gasteiger partial charge in [-0.2, -0.15) is 5.10 Å². The number of amides is 1. The molecule has 1 amide bonds. The van der Waals surface area contributed by atoms with Gasteiger partial charge in [-0.1, -0.05) is 30.3 Å². The van der Waals surface area contributed by atoms with E-state index in [2.05, 4.69) is 17.2 Å². The first-order valence-corrected chi connectivity index (χ1v) is 9.31. The highest BCUT2D eigenvalue weighted by atomic mass is 16.2. The van der Waals surface area contributed by atoms with Gasteiger partial charge in [-0.05, 0) is 54.8 Å². The fourth-order valence-electron chi connectivity index (χ4n) is 3.85. The van der Waals surface area contributed by atoms with Crippen LogP contribution in [0.2, 0.25) is 0 Å². The van der Waals surface area contributed by atoms with Gasteiger partial charge in [0.2, 0.25) is 0 Å². The van der Waals surface area contributed by atoms with Crippen molar-refractivity contribution in [2.24, 2.45) is 11.7 Å². The van der Waals surface area contributed by atoms with Crippen LogP contribution in [0.25, 0.3) is 5.69 Å². The minimum absolute atomic E-state index is 0.0649. The van der Waals surface area contributed by atoms with Crippen LogP contribution in [0.3, 0.4) is 0 Å². The Hall–Kier alpha value is -2.92. The topological polar surface area (TPSA) is 64.2 Å². The number of hydrogen-bond donors (Lipinski definition) is 1. The maximum atomic E-state index is 13.0. The van der Waals surface area contributed by atoms with Crippen LogP contribution in [0, 0.1) is 12.8 Å². The number of aryl methyl sites for hydroxylation is 1. The summed E-state index contributed by atoms with van der Waals surface area (Å²) >= 11 is 0. The summed E-state index contributed by atoms with van der Waals surface area (Å²) in [6.07, 6.45) is 3.79. The molecule has 0 bridgehead atoms. The standard InChI is InChI=1S/C22H24N4O/c1-16-12-24-26(13-16)20-9-7-18(8-10-20)22(27)25-14-19(11-23)21(15-25)17-5-3-2-4-6-17/h2-10,12-13,19,21H,11,14-15,23H2,1H3/t19-,21+/m1/s1. The molecule has 0 unspecified atom stereocenters. The second kappa shape index (κ2) is 7.37. The fourth-order valence-corrected chi connectivity index (χ4v) is 3.85. The smallest absolute Gasteiger partial charge is 0.253 e. The molecule has 2 N–H and O–H groups in total. The van der Waals surface area contributed by atoms with E-state index >= 15 is 0 Å². The summed E-state index contributed by atoms with van der Waals surface area (Å²) in [6, 6.07) is 18.0. The molecule has 5 nitrogen and oxygen atoms in total. The van der Waals surface area contributed by atoms with Crippen LogP contribution in [-0.4, -0.2) is 40.2 Å². The zero-order valence-electron chi connectivity index (χ0n) is 15.5. The average Bonchev–Trinajstić information content (AvgIpc) is 3.34. The first-order chi connectivity index (χ1) is 13.2. The molecule has 1 saturated heterocycles. The summed E-state index contributed by atoms with van der Waals surface area (Å²) in [5.41, 5.74) is 10.0. The van der Waals surface area contributed by atoms with E-state index in [9.17, 15) is 4.79 Å². The summed E-state index contributed by atoms with van der Waals surface area (Å²) in [7, 11) is 0. The second-order valence-corrected chi connectivity index (χ2v) is 7.23. The molecule has 3 aromatic rings. The van der Waals surface area contributed by atoms with Crippen molar-refractivity contribution >= 4 is 5.91 Å². The van der Waals surface area contributed by atoms with Crippen LogP contribution in [0.5, 0.6) is 0 Å². The summed E-state index contributed by atoms with van der Waals surface area (Å²) in [6.45, 7) is 4.01. The highest BCUT2D eigenvalue weighted by molar-refractivity contribution is 5.94. The SMILES string of the molecule is Cc1cnn(-c2ccc(C(=O)N3C[C@@H](CN)[C@H](c4ccccc4)C3)cc2)c1. The van der Waals surface area contributed by atoms with Crippen LogP contribution in [0.15, 0.2) is 67.0 Å². The molecule has 5 heteroatoms. The van der Waals surface area contributed by atoms with Gasteiger partial charge in [0.15, 0.2) is 0 Å². The number of nitrogens with two attached hydrogens (primary N) is 1. The maximum absolute atomic E-state index is 13.0. The third kappa shape index (κ3) is 3.51. The number of carbonyl (C=O) groups excluding carboxylic acids is 1. The van der Waals surface area contributed by atoms with Gasteiger partial charge in [0.25, 0.3) is 5.91 Å². The van der Waals surface area contributed by atoms with Crippen molar-refractivity contribution in [1.82, 2.24) is 14.7 Å². The van der Waals surface area contributed by atoms with Crippen molar-refractivity contribution in [1.29, 1.82) is 0 Å². The van der Waals surface area contributed by atoms with E-state index in [1.165, 1.54) is 5.56 Å². The second-order valence-electron chi connectivity index (χ2n) is 7.23. The number of likely N-dealkylation sites (tertiary alicyclic amines) is 1. The van der Waals surface area contributed by atoms with Crippen LogP contribution in [0.4, 0.5) is 0 Å². The largest absolute Gasteiger partial charge is 0.338 e. The molecule has 1 aliphatic heterocycles. The minimum atomic E-state index is 0.0649. The highest BCUT2D eigenvalue weighted by Gasteiger charge is 2.35. The number of hydrogen-bond acceptors (Lipinski definition) is 3. The molecular formula is C22H24N4O. The van der Waals surface area contributed by atoms with Gasteiger partial charge in [0.1, 0.15) is 0 Å². The lowest BCUT2D eigenvalue weighted by molar-refractivity contribution is 0.0786. The van der Waals surface area contributed by atoms with E-state index < -0.39 is 0 Å². The highest BCUT2D eigenvalue weighted by Crippen LogP contribution is 2.32. The van der Waals surface area contributed by atoms with Crippen molar-refractivity contribution in [2.45, 2.75) is 12.8 Å². The van der Waals surface area contributed by atoms with Gasteiger partial charge in [-0.25, -0.2) is 4.68 Å². The van der Waals surface area contributed by atoms with Crippen molar-refractivity contribution in [2.75, 3.05) is 19.6 Å². The molecule has 0 saturated carbocycles. The number of aromatic nitrogens is 2. The molecule has 4 rings (SSSR count). The molecule has 27 heavy (non-hydrogen) atoms. The summed E-state index contributed by atoms with van der Waals surface area (Å²) in [5.74, 6) is 0.657. The lowest BCUT2D eigenvalue weighted by Crippen LogP contribution is -2.29. The first kappa shape index (κ1) is 17.5. The molecule has 2 heterocycles. The molecule has 1 aliphatic rings. The third-order valence-electron chi connectivity index (χ3n) is 5.35. The van der Waals surface area contributed by atoms with Crippen LogP contribution in [-0.2, 0) is 0 Å². The maximum Gasteiger partial charge on any atom is 0.253 e. The van der Waals surface area contributed by atoms with Gasteiger partial charge < -0.3 is 10.6 Å². The monoisotopic (exact) mass is 360 g/mol. The van der Waals surface area contributed by atoms with Gasteiger partial charge in [0.05, 0.1) is 11.9 Å². The molecule has 0 radical (unpaired) electrons. The van der Waals surface area contributed by atoms with E-state index in [0.717, 1.165) is 11.3 Å². The van der Waals surface area contributed by atoms with Gasteiger partial charge in [-0.15, -0.1) is 0 Å². The summed E-state index contributed by atoms with van der Waals surface area (Å²) < 4.78 is 1.81. The average molecular weight is 360 g/mol. The van der Waals surface area contributed by atoms with E-state index in [1.807, 2.05) is 71.4 Å². The van der Waals surface area contributed by atoms with E-state index in [0.29, 0.717) is 37.0 Å². The van der Waals surface area contributed by atoms with Crippen LogP contribution >= 0.6 is 0 Å².